The summed E-state index contributed by atoms with van der Waals surface area (Å²) < 4.78 is 11.2. The first-order chi connectivity index (χ1) is 13.2. The summed E-state index contributed by atoms with van der Waals surface area (Å²) in [5.74, 6) is 1.69. The number of nitrogens with one attached hydrogen (secondary N) is 1. The van der Waals surface area contributed by atoms with Gasteiger partial charge in [0, 0.05) is 24.8 Å². The van der Waals surface area contributed by atoms with Crippen LogP contribution in [0, 0.1) is 6.92 Å². The summed E-state index contributed by atoms with van der Waals surface area (Å²) in [5, 5.41) is 3.60. The largest absolute Gasteiger partial charge is 0.486 e. The molecule has 2 aromatic carbocycles. The Morgan fingerprint density at radius 1 is 1.07 bits per heavy atom. The van der Waals surface area contributed by atoms with Crippen molar-refractivity contribution in [2.24, 2.45) is 0 Å². The van der Waals surface area contributed by atoms with Crippen LogP contribution in [-0.4, -0.2) is 43.2 Å². The third-order valence-electron chi connectivity index (χ3n) is 5.20. The van der Waals surface area contributed by atoms with Crippen LogP contribution in [-0.2, 0) is 11.2 Å². The average molecular weight is 366 g/mol. The standard InChI is InChI=1S/C22H26N2O3/c1-16-3-2-4-19(13-16)23-18-7-9-24(10-8-18)22(25)15-17-5-6-20-21(14-17)27-12-11-26-20/h2-6,13-14,18,23H,7-12,15H2,1H3. The van der Waals surface area contributed by atoms with Crippen molar-refractivity contribution in [3.05, 3.63) is 53.6 Å². The number of carbonyl (C=O) groups is 1. The SMILES string of the molecule is Cc1cccc(NC2CCN(C(=O)Cc3ccc4c(c3)OCCO4)CC2)c1. The Balaban J connectivity index is 1.29. The second-order valence-electron chi connectivity index (χ2n) is 7.32. The number of amides is 1. The molecule has 0 bridgehead atoms. The summed E-state index contributed by atoms with van der Waals surface area (Å²) in [6, 6.07) is 14.6. The lowest BCUT2D eigenvalue weighted by atomic mass is 10.0. The number of anilines is 1. The topological polar surface area (TPSA) is 50.8 Å². The van der Waals surface area contributed by atoms with E-state index in [0.717, 1.165) is 48.7 Å². The number of carbonyl (C=O) groups excluding carboxylic acids is 1. The highest BCUT2D eigenvalue weighted by atomic mass is 16.6. The smallest absolute Gasteiger partial charge is 0.226 e. The molecule has 2 aliphatic heterocycles. The van der Waals surface area contributed by atoms with Gasteiger partial charge in [-0.3, -0.25) is 4.79 Å². The zero-order valence-electron chi connectivity index (χ0n) is 15.7. The van der Waals surface area contributed by atoms with Gasteiger partial charge < -0.3 is 19.7 Å². The molecule has 0 unspecified atom stereocenters. The molecule has 27 heavy (non-hydrogen) atoms. The first-order valence-corrected chi connectivity index (χ1v) is 9.67. The van der Waals surface area contributed by atoms with Crippen molar-refractivity contribution >= 4 is 11.6 Å². The van der Waals surface area contributed by atoms with Gasteiger partial charge >= 0.3 is 0 Å². The molecule has 1 saturated heterocycles. The Morgan fingerprint density at radius 3 is 2.63 bits per heavy atom. The number of rotatable bonds is 4. The van der Waals surface area contributed by atoms with Crippen molar-refractivity contribution in [1.29, 1.82) is 0 Å². The zero-order valence-corrected chi connectivity index (χ0v) is 15.7. The molecule has 0 aliphatic carbocycles. The highest BCUT2D eigenvalue weighted by Crippen LogP contribution is 2.31. The Bertz CT molecular complexity index is 813. The summed E-state index contributed by atoms with van der Waals surface area (Å²) in [5.41, 5.74) is 3.40. The van der Waals surface area contributed by atoms with Crippen molar-refractivity contribution in [2.45, 2.75) is 32.2 Å². The van der Waals surface area contributed by atoms with E-state index in [0.29, 0.717) is 25.7 Å². The summed E-state index contributed by atoms with van der Waals surface area (Å²) in [7, 11) is 0. The highest BCUT2D eigenvalue weighted by Gasteiger charge is 2.23. The molecule has 2 aromatic rings. The maximum Gasteiger partial charge on any atom is 0.226 e. The first-order valence-electron chi connectivity index (χ1n) is 9.67. The molecule has 0 atom stereocenters. The Labute approximate surface area is 160 Å². The van der Waals surface area contributed by atoms with Gasteiger partial charge in [0.1, 0.15) is 13.2 Å². The first kappa shape index (κ1) is 17.7. The van der Waals surface area contributed by atoms with E-state index in [4.69, 9.17) is 9.47 Å². The second kappa shape index (κ2) is 7.91. The van der Waals surface area contributed by atoms with Crippen LogP contribution in [0.25, 0.3) is 0 Å². The van der Waals surface area contributed by atoms with Gasteiger partial charge in [-0.05, 0) is 55.2 Å². The van der Waals surface area contributed by atoms with Crippen LogP contribution in [0.4, 0.5) is 5.69 Å². The molecule has 5 heteroatoms. The lowest BCUT2D eigenvalue weighted by Crippen LogP contribution is -2.43. The molecular weight excluding hydrogens is 340 g/mol. The number of piperidine rings is 1. The van der Waals surface area contributed by atoms with Gasteiger partial charge in [-0.2, -0.15) is 0 Å². The van der Waals surface area contributed by atoms with E-state index in [2.05, 4.69) is 36.5 Å². The van der Waals surface area contributed by atoms with Gasteiger partial charge in [0.25, 0.3) is 0 Å². The summed E-state index contributed by atoms with van der Waals surface area (Å²) in [4.78, 5) is 14.7. The van der Waals surface area contributed by atoms with E-state index >= 15 is 0 Å². The molecular formula is C22H26N2O3. The Hall–Kier alpha value is -2.69. The number of hydrogen-bond acceptors (Lipinski definition) is 4. The van der Waals surface area contributed by atoms with Gasteiger partial charge in [0.2, 0.25) is 5.91 Å². The minimum Gasteiger partial charge on any atom is -0.486 e. The minimum atomic E-state index is 0.181. The molecule has 5 nitrogen and oxygen atoms in total. The number of ether oxygens (including phenoxy) is 2. The number of aryl methyl sites for hydroxylation is 1. The zero-order chi connectivity index (χ0) is 18.6. The van der Waals surface area contributed by atoms with Crippen LogP contribution in [0.2, 0.25) is 0 Å². The van der Waals surface area contributed by atoms with Gasteiger partial charge in [0.15, 0.2) is 11.5 Å². The summed E-state index contributed by atoms with van der Waals surface area (Å²) in [6.07, 6.45) is 2.36. The van der Waals surface area contributed by atoms with Crippen molar-refractivity contribution in [2.75, 3.05) is 31.6 Å². The molecule has 2 aliphatic rings. The molecule has 142 valence electrons. The predicted molar refractivity (Wildman–Crippen MR) is 106 cm³/mol. The predicted octanol–water partition coefficient (Wildman–Crippen LogP) is 3.41. The van der Waals surface area contributed by atoms with E-state index in [1.165, 1.54) is 5.56 Å². The fourth-order valence-corrected chi connectivity index (χ4v) is 3.73. The van der Waals surface area contributed by atoms with Crippen molar-refractivity contribution in [3.8, 4) is 11.5 Å². The van der Waals surface area contributed by atoms with Crippen LogP contribution in [0.15, 0.2) is 42.5 Å². The van der Waals surface area contributed by atoms with Gasteiger partial charge in [-0.25, -0.2) is 0 Å². The fourth-order valence-electron chi connectivity index (χ4n) is 3.73. The number of nitrogens with zero attached hydrogens (tertiary/aromatic N) is 1. The third kappa shape index (κ3) is 4.35. The number of hydrogen-bond donors (Lipinski definition) is 1. The molecule has 0 radical (unpaired) electrons. The van der Waals surface area contributed by atoms with Crippen LogP contribution in [0.5, 0.6) is 11.5 Å². The lowest BCUT2D eigenvalue weighted by Gasteiger charge is -2.33. The second-order valence-corrected chi connectivity index (χ2v) is 7.32. The molecule has 1 amide bonds. The van der Waals surface area contributed by atoms with E-state index in [-0.39, 0.29) is 5.91 Å². The molecule has 2 heterocycles. The highest BCUT2D eigenvalue weighted by molar-refractivity contribution is 5.79. The monoisotopic (exact) mass is 366 g/mol. The lowest BCUT2D eigenvalue weighted by molar-refractivity contribution is -0.131. The maximum absolute atomic E-state index is 12.7. The van der Waals surface area contributed by atoms with Crippen LogP contribution in [0.1, 0.15) is 24.0 Å². The maximum atomic E-state index is 12.7. The summed E-state index contributed by atoms with van der Waals surface area (Å²) >= 11 is 0. The molecule has 4 rings (SSSR count). The number of benzene rings is 2. The normalized spacial score (nSPS) is 16.9. The molecule has 0 aromatic heterocycles. The number of fused-ring (bicyclic) bond motifs is 1. The van der Waals surface area contributed by atoms with Crippen molar-refractivity contribution in [3.63, 3.8) is 0 Å². The van der Waals surface area contributed by atoms with Crippen LogP contribution < -0.4 is 14.8 Å². The minimum absolute atomic E-state index is 0.181. The average Bonchev–Trinajstić information content (AvgIpc) is 2.68. The van der Waals surface area contributed by atoms with Gasteiger partial charge in [-0.1, -0.05) is 18.2 Å². The van der Waals surface area contributed by atoms with E-state index in [1.807, 2.05) is 23.1 Å². The molecule has 1 N–H and O–H groups in total. The number of likely N-dealkylation sites (tertiary alicyclic amines) is 1. The van der Waals surface area contributed by atoms with E-state index < -0.39 is 0 Å². The summed E-state index contributed by atoms with van der Waals surface area (Å²) in [6.45, 7) is 4.84. The molecule has 0 saturated carbocycles. The quantitative estimate of drug-likeness (QED) is 0.901. The van der Waals surface area contributed by atoms with Crippen LogP contribution >= 0.6 is 0 Å². The van der Waals surface area contributed by atoms with E-state index in [9.17, 15) is 4.79 Å². The molecule has 1 fully saturated rings. The van der Waals surface area contributed by atoms with Crippen molar-refractivity contribution in [1.82, 2.24) is 4.90 Å². The van der Waals surface area contributed by atoms with Crippen LogP contribution in [0.3, 0.4) is 0 Å². The van der Waals surface area contributed by atoms with E-state index in [1.54, 1.807) is 0 Å². The Kier molecular flexibility index (Phi) is 5.19. The van der Waals surface area contributed by atoms with Crippen molar-refractivity contribution < 1.29 is 14.3 Å². The Morgan fingerprint density at radius 2 is 1.85 bits per heavy atom. The third-order valence-corrected chi connectivity index (χ3v) is 5.20. The molecule has 0 spiro atoms. The fraction of sp³-hybridized carbons (Fsp3) is 0.409. The van der Waals surface area contributed by atoms with Gasteiger partial charge in [0.05, 0.1) is 6.42 Å². The van der Waals surface area contributed by atoms with Gasteiger partial charge in [-0.15, -0.1) is 0 Å².